The van der Waals surface area contributed by atoms with Crippen LogP contribution in [0.4, 0.5) is 26.7 Å². The molecule has 7 nitrogen and oxygen atoms in total. The zero-order valence-electron chi connectivity index (χ0n) is 23.6. The molecule has 2 saturated carbocycles. The van der Waals surface area contributed by atoms with Crippen molar-refractivity contribution in [1.29, 1.82) is 0 Å². The lowest BCUT2D eigenvalue weighted by molar-refractivity contribution is -0.362. The predicted octanol–water partition coefficient (Wildman–Crippen LogP) is 6.22. The number of alkyl carbamates (subject to hydrolysis) is 1. The fraction of sp³-hybridized carbons (Fsp3) is 0.581. The highest BCUT2D eigenvalue weighted by Gasteiger charge is 2.79. The molecule has 12 heteroatoms. The first kappa shape index (κ1) is 31.2. The molecule has 0 heterocycles. The van der Waals surface area contributed by atoms with Crippen LogP contribution in [0.1, 0.15) is 75.3 Å². The number of carbonyl (C=O) groups is 3. The summed E-state index contributed by atoms with van der Waals surface area (Å²) in [5.41, 5.74) is -0.932. The maximum Gasteiger partial charge on any atom is 0.456 e. The first-order valence-corrected chi connectivity index (χ1v) is 14.4. The van der Waals surface area contributed by atoms with Gasteiger partial charge in [-0.25, -0.2) is 4.79 Å². The molecule has 0 aromatic heterocycles. The summed E-state index contributed by atoms with van der Waals surface area (Å²) >= 11 is 0. The van der Waals surface area contributed by atoms with Crippen molar-refractivity contribution in [3.05, 3.63) is 58.2 Å². The third-order valence-electron chi connectivity index (χ3n) is 10.1. The van der Waals surface area contributed by atoms with Crippen molar-refractivity contribution < 1.29 is 51.3 Å². The number of fused-ring (bicyclic) bond motifs is 4. The zero-order chi connectivity index (χ0) is 31.4. The lowest BCUT2D eigenvalue weighted by Crippen LogP contribution is -2.65. The molecule has 4 aliphatic rings. The van der Waals surface area contributed by atoms with E-state index in [1.165, 1.54) is 6.92 Å². The molecular formula is C31H34F5NO6. The molecule has 0 spiro atoms. The highest BCUT2D eigenvalue weighted by Crippen LogP contribution is 2.70. The number of aliphatic hydroxyl groups is 1. The van der Waals surface area contributed by atoms with Gasteiger partial charge >= 0.3 is 24.2 Å². The standard InChI is InChI=1S/C31H34F5NO6/c1-28-15-23(18-4-2-17(3-5-18)16-43-27(41)37-13-11-25(39)40)26-21-9-7-20(38)14-19(21)6-8-22(26)24(28)10-12-29(28,42)30(32,33)31(34,35)36/h2-5,14,22-24,42H,6-13,15-16H2,1H3,(H,37,41)(H,39,40)/t22-,23+,24-,28-,29-/m0/s1. The second-order valence-corrected chi connectivity index (χ2v) is 12.4. The van der Waals surface area contributed by atoms with Crippen LogP contribution in [-0.4, -0.2) is 52.3 Å². The molecule has 5 atom stereocenters. The van der Waals surface area contributed by atoms with E-state index in [0.29, 0.717) is 36.8 Å². The molecular weight excluding hydrogens is 577 g/mol. The van der Waals surface area contributed by atoms with Gasteiger partial charge in [0.2, 0.25) is 0 Å². The van der Waals surface area contributed by atoms with Crippen LogP contribution in [-0.2, 0) is 20.9 Å². The van der Waals surface area contributed by atoms with Crippen LogP contribution in [0.5, 0.6) is 0 Å². The summed E-state index contributed by atoms with van der Waals surface area (Å²) in [6.07, 6.45) is -4.33. The van der Waals surface area contributed by atoms with Crippen LogP contribution < -0.4 is 5.32 Å². The quantitative estimate of drug-likeness (QED) is 0.316. The van der Waals surface area contributed by atoms with E-state index in [4.69, 9.17) is 9.84 Å². The van der Waals surface area contributed by atoms with E-state index in [0.717, 1.165) is 16.7 Å². The maximum absolute atomic E-state index is 15.1. The summed E-state index contributed by atoms with van der Waals surface area (Å²) in [7, 11) is 0. The van der Waals surface area contributed by atoms with Crippen molar-refractivity contribution in [2.24, 2.45) is 17.3 Å². The van der Waals surface area contributed by atoms with Gasteiger partial charge < -0.3 is 20.3 Å². The average Bonchev–Trinajstić information content (AvgIpc) is 3.22. The van der Waals surface area contributed by atoms with Crippen molar-refractivity contribution in [2.75, 3.05) is 6.54 Å². The number of ketones is 1. The minimum atomic E-state index is -5.92. The SMILES string of the molecule is C[C@]12C[C@H](c3ccc(COC(=O)NCCC(=O)O)cc3)C3=C4CCC(=O)C=C4CC[C@H]3[C@@H]1CC[C@@]2(O)C(F)(F)C(F)(F)F. The molecule has 0 saturated heterocycles. The summed E-state index contributed by atoms with van der Waals surface area (Å²) in [5, 5.41) is 22.4. The molecule has 0 bridgehead atoms. The molecule has 43 heavy (non-hydrogen) atoms. The van der Waals surface area contributed by atoms with Crippen LogP contribution in [0, 0.1) is 17.3 Å². The number of rotatable bonds is 7. The zero-order valence-corrected chi connectivity index (χ0v) is 23.6. The van der Waals surface area contributed by atoms with Gasteiger partial charge in [-0.1, -0.05) is 36.8 Å². The Labute approximate surface area is 245 Å². The Hall–Kier alpha value is -3.28. The summed E-state index contributed by atoms with van der Waals surface area (Å²) in [6, 6.07) is 6.79. The van der Waals surface area contributed by atoms with Crippen LogP contribution in [0.2, 0.25) is 0 Å². The number of amides is 1. The third-order valence-corrected chi connectivity index (χ3v) is 10.1. The number of hydrogen-bond acceptors (Lipinski definition) is 5. The second kappa shape index (κ2) is 11.0. The Bertz CT molecular complexity index is 1370. The first-order valence-electron chi connectivity index (χ1n) is 14.4. The van der Waals surface area contributed by atoms with Gasteiger partial charge in [-0.05, 0) is 78.7 Å². The Balaban J connectivity index is 1.48. The number of aliphatic carboxylic acids is 1. The highest BCUT2D eigenvalue weighted by atomic mass is 19.4. The Morgan fingerprint density at radius 2 is 1.77 bits per heavy atom. The van der Waals surface area contributed by atoms with Gasteiger partial charge in [-0.3, -0.25) is 9.59 Å². The Kier molecular flexibility index (Phi) is 7.98. The molecule has 0 aliphatic heterocycles. The van der Waals surface area contributed by atoms with Gasteiger partial charge in [0.25, 0.3) is 0 Å². The number of halogens is 5. The lowest BCUT2D eigenvalue weighted by Gasteiger charge is -2.56. The Morgan fingerprint density at radius 1 is 1.07 bits per heavy atom. The van der Waals surface area contributed by atoms with Crippen LogP contribution in [0.15, 0.2) is 47.1 Å². The number of ether oxygens (including phenoxy) is 1. The summed E-state index contributed by atoms with van der Waals surface area (Å²) < 4.78 is 76.5. The average molecular weight is 612 g/mol. The minimum absolute atomic E-state index is 0.00593. The number of allylic oxidation sites excluding steroid dienone is 4. The van der Waals surface area contributed by atoms with Crippen molar-refractivity contribution in [1.82, 2.24) is 5.32 Å². The van der Waals surface area contributed by atoms with E-state index in [2.05, 4.69) is 5.32 Å². The van der Waals surface area contributed by atoms with Gasteiger partial charge in [0.1, 0.15) is 12.2 Å². The maximum atomic E-state index is 15.1. The molecule has 2 fully saturated rings. The fourth-order valence-corrected chi connectivity index (χ4v) is 8.03. The van der Waals surface area contributed by atoms with Crippen LogP contribution in [0.3, 0.4) is 0 Å². The number of alkyl halides is 5. The molecule has 0 unspecified atom stereocenters. The van der Waals surface area contributed by atoms with Gasteiger partial charge in [-0.15, -0.1) is 0 Å². The smallest absolute Gasteiger partial charge is 0.456 e. The molecule has 4 aliphatic carbocycles. The van der Waals surface area contributed by atoms with Crippen molar-refractivity contribution >= 4 is 17.8 Å². The van der Waals surface area contributed by atoms with Gasteiger partial charge in [0, 0.05) is 24.3 Å². The van der Waals surface area contributed by atoms with Gasteiger partial charge in [-0.2, -0.15) is 22.0 Å². The van der Waals surface area contributed by atoms with E-state index < -0.39 is 53.4 Å². The second-order valence-electron chi connectivity index (χ2n) is 12.4. The van der Waals surface area contributed by atoms with Crippen LogP contribution in [0.25, 0.3) is 0 Å². The molecule has 1 aromatic carbocycles. The number of nitrogens with one attached hydrogen (secondary N) is 1. The first-order chi connectivity index (χ1) is 20.1. The lowest BCUT2D eigenvalue weighted by atomic mass is 9.50. The van der Waals surface area contributed by atoms with E-state index in [-0.39, 0.29) is 44.1 Å². The Morgan fingerprint density at radius 3 is 2.42 bits per heavy atom. The highest BCUT2D eigenvalue weighted by molar-refractivity contribution is 5.93. The van der Waals surface area contributed by atoms with Crippen molar-refractivity contribution in [3.8, 4) is 0 Å². The van der Waals surface area contributed by atoms with E-state index in [1.807, 2.05) is 0 Å². The van der Waals surface area contributed by atoms with Gasteiger partial charge in [0.05, 0.1) is 6.42 Å². The number of benzene rings is 1. The third kappa shape index (κ3) is 5.25. The normalized spacial score (nSPS) is 30.6. The van der Waals surface area contributed by atoms with Crippen molar-refractivity contribution in [2.45, 2.75) is 88.5 Å². The number of carboxylic acid groups (broad SMARTS) is 1. The van der Waals surface area contributed by atoms with Crippen molar-refractivity contribution in [3.63, 3.8) is 0 Å². The summed E-state index contributed by atoms with van der Waals surface area (Å²) in [4.78, 5) is 34.7. The molecule has 234 valence electrons. The minimum Gasteiger partial charge on any atom is -0.481 e. The molecule has 0 radical (unpaired) electrons. The van der Waals surface area contributed by atoms with Crippen LogP contribution >= 0.6 is 0 Å². The molecule has 5 rings (SSSR count). The summed E-state index contributed by atoms with van der Waals surface area (Å²) in [6.45, 7) is 1.14. The fourth-order valence-electron chi connectivity index (χ4n) is 8.03. The predicted molar refractivity (Wildman–Crippen MR) is 143 cm³/mol. The topological polar surface area (TPSA) is 113 Å². The monoisotopic (exact) mass is 611 g/mol. The largest absolute Gasteiger partial charge is 0.481 e. The van der Waals surface area contributed by atoms with E-state index in [1.54, 1.807) is 30.3 Å². The van der Waals surface area contributed by atoms with Gasteiger partial charge in [0.15, 0.2) is 5.78 Å². The molecule has 3 N–H and O–H groups in total. The van der Waals surface area contributed by atoms with E-state index >= 15 is 8.78 Å². The number of hydrogen-bond donors (Lipinski definition) is 3. The summed E-state index contributed by atoms with van der Waals surface area (Å²) in [5.74, 6) is -7.85. The van der Waals surface area contributed by atoms with E-state index in [9.17, 15) is 32.7 Å². The molecule has 1 aromatic rings. The molecule has 1 amide bonds. The number of carbonyl (C=O) groups excluding carboxylic acids is 2. The number of carboxylic acids is 1.